The molecular formula is C18H19BF3NO3. The van der Waals surface area contributed by atoms with Crippen LogP contribution in [0.25, 0.3) is 5.69 Å². The number of alkyl halides is 3. The highest BCUT2D eigenvalue weighted by Crippen LogP contribution is 2.36. The standard InChI is InChI=1S/C18H19BF3NO3/c1-16(2)17(3,4)26-19(25-16)13-6-5-7-14(10-13)23-11-12(18(20,21)22)8-9-15(23)24/h5-11H,1-4H3. The molecule has 4 nitrogen and oxygen atoms in total. The molecule has 26 heavy (non-hydrogen) atoms. The number of rotatable bonds is 2. The molecule has 2 heterocycles. The zero-order valence-electron chi connectivity index (χ0n) is 14.9. The van der Waals surface area contributed by atoms with Crippen molar-refractivity contribution in [3.05, 3.63) is 58.5 Å². The first-order chi connectivity index (χ1) is 11.9. The van der Waals surface area contributed by atoms with Crippen molar-refractivity contribution in [2.75, 3.05) is 0 Å². The second-order valence-electron chi connectivity index (χ2n) is 7.31. The molecule has 1 saturated heterocycles. The summed E-state index contributed by atoms with van der Waals surface area (Å²) in [6, 6.07) is 8.26. The van der Waals surface area contributed by atoms with Crippen LogP contribution in [0.4, 0.5) is 13.2 Å². The third kappa shape index (κ3) is 3.31. The zero-order valence-corrected chi connectivity index (χ0v) is 14.9. The monoisotopic (exact) mass is 365 g/mol. The van der Waals surface area contributed by atoms with Crippen LogP contribution < -0.4 is 11.0 Å². The minimum absolute atomic E-state index is 0.313. The van der Waals surface area contributed by atoms with E-state index >= 15 is 0 Å². The topological polar surface area (TPSA) is 40.5 Å². The number of halogens is 3. The Balaban J connectivity index is 2.01. The number of benzene rings is 1. The highest BCUT2D eigenvalue weighted by molar-refractivity contribution is 6.62. The van der Waals surface area contributed by atoms with Crippen molar-refractivity contribution in [1.82, 2.24) is 4.57 Å². The average molecular weight is 365 g/mol. The molecule has 1 fully saturated rings. The molecule has 0 radical (unpaired) electrons. The van der Waals surface area contributed by atoms with Gasteiger partial charge < -0.3 is 9.31 Å². The van der Waals surface area contributed by atoms with E-state index in [1.807, 2.05) is 27.7 Å². The van der Waals surface area contributed by atoms with Crippen LogP contribution in [-0.4, -0.2) is 22.9 Å². The number of nitrogens with zero attached hydrogens (tertiary/aromatic N) is 1. The summed E-state index contributed by atoms with van der Waals surface area (Å²) in [7, 11) is -0.665. The summed E-state index contributed by atoms with van der Waals surface area (Å²) in [6.07, 6.45) is -3.73. The molecule has 0 bridgehead atoms. The van der Waals surface area contributed by atoms with Crippen molar-refractivity contribution in [3.63, 3.8) is 0 Å². The number of aromatic nitrogens is 1. The Morgan fingerprint density at radius 1 is 1.00 bits per heavy atom. The van der Waals surface area contributed by atoms with Crippen molar-refractivity contribution in [3.8, 4) is 5.69 Å². The van der Waals surface area contributed by atoms with Gasteiger partial charge in [0.15, 0.2) is 0 Å². The molecule has 3 rings (SSSR count). The van der Waals surface area contributed by atoms with E-state index in [0.29, 0.717) is 11.2 Å². The van der Waals surface area contributed by atoms with E-state index in [1.165, 1.54) is 0 Å². The first-order valence-electron chi connectivity index (χ1n) is 8.17. The maximum atomic E-state index is 13.0. The molecule has 1 aromatic heterocycles. The number of hydrogen-bond donors (Lipinski definition) is 0. The Bertz CT molecular complexity index is 874. The lowest BCUT2D eigenvalue weighted by atomic mass is 9.79. The maximum Gasteiger partial charge on any atom is 0.494 e. The summed E-state index contributed by atoms with van der Waals surface area (Å²) in [4.78, 5) is 12.1. The molecule has 0 amide bonds. The van der Waals surface area contributed by atoms with Crippen LogP contribution in [0.3, 0.4) is 0 Å². The second-order valence-corrected chi connectivity index (χ2v) is 7.31. The van der Waals surface area contributed by atoms with Gasteiger partial charge in [-0.1, -0.05) is 12.1 Å². The van der Waals surface area contributed by atoms with Crippen LogP contribution >= 0.6 is 0 Å². The minimum Gasteiger partial charge on any atom is -0.399 e. The van der Waals surface area contributed by atoms with Gasteiger partial charge in [-0.05, 0) is 51.4 Å². The minimum atomic E-state index is -4.53. The summed E-state index contributed by atoms with van der Waals surface area (Å²) >= 11 is 0. The first-order valence-corrected chi connectivity index (χ1v) is 8.17. The van der Waals surface area contributed by atoms with Crippen LogP contribution in [-0.2, 0) is 15.5 Å². The van der Waals surface area contributed by atoms with Crippen molar-refractivity contribution in [2.24, 2.45) is 0 Å². The van der Waals surface area contributed by atoms with E-state index in [2.05, 4.69) is 0 Å². The summed E-state index contributed by atoms with van der Waals surface area (Å²) in [5.41, 5.74) is -1.58. The molecular weight excluding hydrogens is 346 g/mol. The summed E-state index contributed by atoms with van der Waals surface area (Å²) in [5.74, 6) is 0. The average Bonchev–Trinajstić information content (AvgIpc) is 2.75. The predicted molar refractivity (Wildman–Crippen MR) is 92.8 cm³/mol. The van der Waals surface area contributed by atoms with Gasteiger partial charge in [-0.2, -0.15) is 13.2 Å². The molecule has 138 valence electrons. The molecule has 0 N–H and O–H groups in total. The molecule has 1 aliphatic heterocycles. The Labute approximate surface area is 149 Å². The molecule has 1 aromatic carbocycles. The summed E-state index contributed by atoms with van der Waals surface area (Å²) in [6.45, 7) is 7.64. The molecule has 0 atom stereocenters. The maximum absolute atomic E-state index is 13.0. The van der Waals surface area contributed by atoms with Crippen LogP contribution in [0.5, 0.6) is 0 Å². The smallest absolute Gasteiger partial charge is 0.399 e. The van der Waals surface area contributed by atoms with Gasteiger partial charge in [0.05, 0.1) is 16.8 Å². The second kappa shape index (κ2) is 5.99. The van der Waals surface area contributed by atoms with Crippen molar-refractivity contribution in [2.45, 2.75) is 45.1 Å². The fraction of sp³-hybridized carbons (Fsp3) is 0.389. The summed E-state index contributed by atoms with van der Waals surface area (Å²) in [5, 5.41) is 0. The Hall–Kier alpha value is -2.06. The molecule has 2 aromatic rings. The lowest BCUT2D eigenvalue weighted by molar-refractivity contribution is -0.138. The van der Waals surface area contributed by atoms with Gasteiger partial charge in [-0.25, -0.2) is 0 Å². The van der Waals surface area contributed by atoms with E-state index in [9.17, 15) is 18.0 Å². The van der Waals surface area contributed by atoms with Gasteiger partial charge in [0.25, 0.3) is 5.56 Å². The van der Waals surface area contributed by atoms with Gasteiger partial charge in [-0.15, -0.1) is 0 Å². The normalized spacial score (nSPS) is 19.0. The molecule has 0 unspecified atom stereocenters. The molecule has 0 spiro atoms. The predicted octanol–water partition coefficient (Wildman–Crippen LogP) is 3.16. The summed E-state index contributed by atoms with van der Waals surface area (Å²) < 4.78 is 51.8. The lowest BCUT2D eigenvalue weighted by Crippen LogP contribution is -2.41. The van der Waals surface area contributed by atoms with Gasteiger partial charge in [-0.3, -0.25) is 9.36 Å². The van der Waals surface area contributed by atoms with E-state index in [4.69, 9.17) is 9.31 Å². The SMILES string of the molecule is CC1(C)OB(c2cccc(-n3cc(C(F)(F)F)ccc3=O)c2)OC1(C)C. The highest BCUT2D eigenvalue weighted by Gasteiger charge is 2.51. The fourth-order valence-electron chi connectivity index (χ4n) is 2.66. The molecule has 0 saturated carbocycles. The lowest BCUT2D eigenvalue weighted by Gasteiger charge is -2.32. The Morgan fingerprint density at radius 3 is 2.19 bits per heavy atom. The van der Waals surface area contributed by atoms with E-state index in [-0.39, 0.29) is 0 Å². The van der Waals surface area contributed by atoms with E-state index in [0.717, 1.165) is 22.9 Å². The third-order valence-corrected chi connectivity index (χ3v) is 4.91. The third-order valence-electron chi connectivity index (χ3n) is 4.91. The quantitative estimate of drug-likeness (QED) is 0.768. The van der Waals surface area contributed by atoms with Gasteiger partial charge in [0, 0.05) is 18.0 Å². The zero-order chi connectivity index (χ0) is 19.3. The molecule has 8 heteroatoms. The van der Waals surface area contributed by atoms with Crippen LogP contribution in [0.1, 0.15) is 33.3 Å². The van der Waals surface area contributed by atoms with Crippen LogP contribution in [0.2, 0.25) is 0 Å². The Kier molecular flexibility index (Phi) is 4.32. The van der Waals surface area contributed by atoms with Crippen molar-refractivity contribution >= 4 is 12.6 Å². The molecule has 1 aliphatic rings. The molecule has 0 aliphatic carbocycles. The first kappa shape index (κ1) is 18.7. The highest BCUT2D eigenvalue weighted by atomic mass is 19.4. The fourth-order valence-corrected chi connectivity index (χ4v) is 2.66. The van der Waals surface area contributed by atoms with Crippen molar-refractivity contribution < 1.29 is 22.5 Å². The largest absolute Gasteiger partial charge is 0.494 e. The van der Waals surface area contributed by atoms with Crippen LogP contribution in [0.15, 0.2) is 47.4 Å². The van der Waals surface area contributed by atoms with Crippen molar-refractivity contribution in [1.29, 1.82) is 0 Å². The Morgan fingerprint density at radius 2 is 1.62 bits per heavy atom. The number of hydrogen-bond acceptors (Lipinski definition) is 3. The van der Waals surface area contributed by atoms with Crippen LogP contribution in [0, 0.1) is 0 Å². The number of pyridine rings is 1. The van der Waals surface area contributed by atoms with Gasteiger partial charge in [0.1, 0.15) is 0 Å². The van der Waals surface area contributed by atoms with Gasteiger partial charge >= 0.3 is 13.3 Å². The van der Waals surface area contributed by atoms with Gasteiger partial charge in [0.2, 0.25) is 0 Å². The van der Waals surface area contributed by atoms with E-state index < -0.39 is 35.6 Å². The van der Waals surface area contributed by atoms with E-state index in [1.54, 1.807) is 24.3 Å².